The van der Waals surface area contributed by atoms with Gasteiger partial charge >= 0.3 is 0 Å². The summed E-state index contributed by atoms with van der Waals surface area (Å²) in [5.74, 6) is -0.274. The van der Waals surface area contributed by atoms with Crippen molar-refractivity contribution in [2.45, 2.75) is 58.2 Å². The first kappa shape index (κ1) is 13.1. The summed E-state index contributed by atoms with van der Waals surface area (Å²) in [6, 6.07) is 0.466. The number of imidazole rings is 1. The molecule has 1 fully saturated rings. The maximum absolute atomic E-state index is 11.6. The molecule has 1 saturated carbocycles. The highest BCUT2D eigenvalue weighted by molar-refractivity contribution is 5.84. The van der Waals surface area contributed by atoms with Crippen LogP contribution in [-0.2, 0) is 11.3 Å². The van der Waals surface area contributed by atoms with Crippen LogP contribution in [0, 0.1) is 13.8 Å². The van der Waals surface area contributed by atoms with Gasteiger partial charge in [-0.3, -0.25) is 4.79 Å². The van der Waals surface area contributed by atoms with Crippen molar-refractivity contribution in [3.05, 3.63) is 17.7 Å². The van der Waals surface area contributed by atoms with E-state index >= 15 is 0 Å². The highest BCUT2D eigenvalue weighted by Gasteiger charge is 2.36. The van der Waals surface area contributed by atoms with Gasteiger partial charge < -0.3 is 15.6 Å². The molecule has 0 saturated heterocycles. The smallest absolute Gasteiger partial charge is 0.237 e. The van der Waals surface area contributed by atoms with Gasteiger partial charge in [-0.1, -0.05) is 0 Å². The largest absolute Gasteiger partial charge is 0.368 e. The van der Waals surface area contributed by atoms with Gasteiger partial charge in [0.25, 0.3) is 0 Å². The Morgan fingerprint density at radius 3 is 2.72 bits per heavy atom. The van der Waals surface area contributed by atoms with Gasteiger partial charge in [0, 0.05) is 18.3 Å². The molecule has 0 radical (unpaired) electrons. The third kappa shape index (κ3) is 2.72. The van der Waals surface area contributed by atoms with E-state index in [2.05, 4.69) is 14.9 Å². The minimum atomic E-state index is -0.619. The van der Waals surface area contributed by atoms with Crippen LogP contribution < -0.4 is 11.1 Å². The zero-order chi connectivity index (χ0) is 13.3. The number of primary amides is 1. The number of nitrogens with zero attached hydrogens (tertiary/aromatic N) is 2. The molecule has 1 atom stereocenters. The molecule has 2 rings (SSSR count). The molecule has 1 amide bonds. The Bertz CT molecular complexity index is 450. The van der Waals surface area contributed by atoms with Crippen molar-refractivity contribution in [3.8, 4) is 0 Å². The summed E-state index contributed by atoms with van der Waals surface area (Å²) >= 11 is 0. The third-order valence-electron chi connectivity index (χ3n) is 3.84. The van der Waals surface area contributed by atoms with E-state index in [1.807, 2.05) is 27.1 Å². The van der Waals surface area contributed by atoms with Gasteiger partial charge in [0.05, 0.1) is 17.6 Å². The van der Waals surface area contributed by atoms with Gasteiger partial charge in [0.15, 0.2) is 0 Å². The summed E-state index contributed by atoms with van der Waals surface area (Å²) in [5.41, 5.74) is 7.09. The summed E-state index contributed by atoms with van der Waals surface area (Å²) in [7, 11) is 0. The number of carbonyl (C=O) groups excluding carboxylic acids is 1. The lowest BCUT2D eigenvalue weighted by molar-refractivity contribution is -0.124. The predicted octanol–water partition coefficient (Wildman–Crippen LogP) is 0.886. The molecule has 1 aromatic rings. The molecule has 1 aliphatic carbocycles. The third-order valence-corrected chi connectivity index (χ3v) is 3.84. The maximum Gasteiger partial charge on any atom is 0.237 e. The molecule has 1 aromatic heterocycles. The van der Waals surface area contributed by atoms with Gasteiger partial charge in [-0.05, 0) is 40.0 Å². The van der Waals surface area contributed by atoms with Crippen molar-refractivity contribution in [1.29, 1.82) is 0 Å². The number of aromatic nitrogens is 2. The molecule has 1 aliphatic rings. The molecule has 1 unspecified atom stereocenters. The van der Waals surface area contributed by atoms with Crippen molar-refractivity contribution in [1.82, 2.24) is 14.9 Å². The summed E-state index contributed by atoms with van der Waals surface area (Å²) in [5, 5.41) is 3.36. The molecule has 100 valence electrons. The number of nitrogens with one attached hydrogen (secondary N) is 1. The number of aryl methyl sites for hydroxylation is 2. The average molecular weight is 250 g/mol. The fourth-order valence-corrected chi connectivity index (χ4v) is 2.06. The highest BCUT2D eigenvalue weighted by atomic mass is 16.1. The molecule has 0 aliphatic heterocycles. The number of rotatable bonds is 6. The molecule has 0 spiro atoms. The van der Waals surface area contributed by atoms with Crippen LogP contribution in [0.4, 0.5) is 0 Å². The fraction of sp³-hybridized carbons (Fsp3) is 0.692. The van der Waals surface area contributed by atoms with Crippen LogP contribution in [0.2, 0.25) is 0 Å². The molecule has 0 bridgehead atoms. The van der Waals surface area contributed by atoms with E-state index in [0.717, 1.165) is 30.8 Å². The first-order chi connectivity index (χ1) is 8.42. The minimum Gasteiger partial charge on any atom is -0.368 e. The van der Waals surface area contributed by atoms with Crippen LogP contribution in [-0.4, -0.2) is 27.0 Å². The monoisotopic (exact) mass is 250 g/mol. The minimum absolute atomic E-state index is 0.274. The zero-order valence-corrected chi connectivity index (χ0v) is 11.4. The van der Waals surface area contributed by atoms with Crippen LogP contribution in [0.5, 0.6) is 0 Å². The van der Waals surface area contributed by atoms with Crippen molar-refractivity contribution in [2.24, 2.45) is 5.73 Å². The Labute approximate surface area is 108 Å². The van der Waals surface area contributed by atoms with Crippen molar-refractivity contribution >= 4 is 5.91 Å². The molecule has 5 heteroatoms. The summed E-state index contributed by atoms with van der Waals surface area (Å²) < 4.78 is 2.07. The van der Waals surface area contributed by atoms with E-state index in [0.29, 0.717) is 12.5 Å². The van der Waals surface area contributed by atoms with E-state index in [1.54, 1.807) is 0 Å². The summed E-state index contributed by atoms with van der Waals surface area (Å²) in [6.07, 6.45) is 4.80. The van der Waals surface area contributed by atoms with E-state index in [4.69, 9.17) is 5.73 Å². The van der Waals surface area contributed by atoms with Gasteiger partial charge in [0.2, 0.25) is 5.91 Å². The Morgan fingerprint density at radius 1 is 1.61 bits per heavy atom. The maximum atomic E-state index is 11.6. The fourth-order valence-electron chi connectivity index (χ4n) is 2.06. The molecule has 5 nitrogen and oxygen atoms in total. The van der Waals surface area contributed by atoms with Gasteiger partial charge in [0.1, 0.15) is 0 Å². The molecular weight excluding hydrogens is 228 g/mol. The van der Waals surface area contributed by atoms with E-state index in [-0.39, 0.29) is 5.91 Å². The van der Waals surface area contributed by atoms with Crippen molar-refractivity contribution < 1.29 is 4.79 Å². The standard InChI is InChI=1S/C13H22N4O/c1-9-10(2)17(8-15-9)7-6-13(3,12(14)18)16-11-4-5-11/h8,11,16H,4-7H2,1-3H3,(H2,14,18). The lowest BCUT2D eigenvalue weighted by Gasteiger charge is -2.28. The molecule has 1 heterocycles. The number of amides is 1. The molecular formula is C13H22N4O. The zero-order valence-electron chi connectivity index (χ0n) is 11.4. The Hall–Kier alpha value is -1.36. The second kappa shape index (κ2) is 4.72. The second-order valence-electron chi connectivity index (χ2n) is 5.47. The van der Waals surface area contributed by atoms with Gasteiger partial charge in [-0.15, -0.1) is 0 Å². The topological polar surface area (TPSA) is 72.9 Å². The Balaban J connectivity index is 2.01. The summed E-state index contributed by atoms with van der Waals surface area (Å²) in [4.78, 5) is 15.9. The van der Waals surface area contributed by atoms with E-state index < -0.39 is 5.54 Å². The number of hydrogen-bond donors (Lipinski definition) is 2. The first-order valence-corrected chi connectivity index (χ1v) is 6.48. The quantitative estimate of drug-likeness (QED) is 0.787. The van der Waals surface area contributed by atoms with Gasteiger partial charge in [-0.2, -0.15) is 0 Å². The normalized spacial score (nSPS) is 18.6. The van der Waals surface area contributed by atoms with E-state index in [1.165, 1.54) is 0 Å². The summed E-state index contributed by atoms with van der Waals surface area (Å²) in [6.45, 7) is 6.68. The van der Waals surface area contributed by atoms with Crippen LogP contribution in [0.15, 0.2) is 6.33 Å². The highest BCUT2D eigenvalue weighted by Crippen LogP contribution is 2.24. The number of carbonyl (C=O) groups is 1. The molecule has 3 N–H and O–H groups in total. The van der Waals surface area contributed by atoms with Crippen LogP contribution in [0.25, 0.3) is 0 Å². The number of hydrogen-bond acceptors (Lipinski definition) is 3. The second-order valence-corrected chi connectivity index (χ2v) is 5.47. The predicted molar refractivity (Wildman–Crippen MR) is 70.1 cm³/mol. The SMILES string of the molecule is Cc1ncn(CCC(C)(NC2CC2)C(N)=O)c1C. The molecule has 0 aromatic carbocycles. The van der Waals surface area contributed by atoms with E-state index in [9.17, 15) is 4.79 Å². The average Bonchev–Trinajstić information content (AvgIpc) is 3.05. The lowest BCUT2D eigenvalue weighted by Crippen LogP contribution is -2.54. The van der Waals surface area contributed by atoms with Gasteiger partial charge in [-0.25, -0.2) is 4.98 Å². The van der Waals surface area contributed by atoms with Crippen LogP contribution in [0.1, 0.15) is 37.6 Å². The Kier molecular flexibility index (Phi) is 3.43. The first-order valence-electron chi connectivity index (χ1n) is 6.48. The number of nitrogens with two attached hydrogens (primary N) is 1. The Morgan fingerprint density at radius 2 is 2.28 bits per heavy atom. The lowest BCUT2D eigenvalue weighted by atomic mass is 9.96. The van der Waals surface area contributed by atoms with Crippen LogP contribution >= 0.6 is 0 Å². The van der Waals surface area contributed by atoms with Crippen molar-refractivity contribution in [2.75, 3.05) is 0 Å². The molecule has 18 heavy (non-hydrogen) atoms. The van der Waals surface area contributed by atoms with Crippen LogP contribution in [0.3, 0.4) is 0 Å². The van der Waals surface area contributed by atoms with Crippen molar-refractivity contribution in [3.63, 3.8) is 0 Å².